The van der Waals surface area contributed by atoms with Gasteiger partial charge in [0.1, 0.15) is 4.88 Å². The van der Waals surface area contributed by atoms with Gasteiger partial charge in [-0.05, 0) is 38.6 Å². The minimum atomic E-state index is -0.837. The smallest absolute Gasteiger partial charge is 0.345 e. The molecule has 1 atom stereocenters. The summed E-state index contributed by atoms with van der Waals surface area (Å²) in [7, 11) is 0. The third kappa shape index (κ3) is 4.93. The molecule has 0 amide bonds. The van der Waals surface area contributed by atoms with Crippen LogP contribution in [0.2, 0.25) is 0 Å². The first-order valence-electron chi connectivity index (χ1n) is 6.76. The molecule has 0 aromatic carbocycles. The van der Waals surface area contributed by atoms with E-state index in [0.717, 1.165) is 36.6 Å². The van der Waals surface area contributed by atoms with Crippen molar-refractivity contribution in [2.75, 3.05) is 19.6 Å². The minimum Gasteiger partial charge on any atom is -0.477 e. The Labute approximate surface area is 119 Å². The first kappa shape index (κ1) is 16.1. The van der Waals surface area contributed by atoms with Crippen LogP contribution < -0.4 is 5.32 Å². The molecule has 1 rings (SSSR count). The molecule has 2 N–H and O–H groups in total. The van der Waals surface area contributed by atoms with Gasteiger partial charge in [0.2, 0.25) is 0 Å². The molecule has 0 aliphatic carbocycles. The van der Waals surface area contributed by atoms with Crippen molar-refractivity contribution in [1.82, 2.24) is 10.2 Å². The number of carboxylic acid groups (broad SMARTS) is 1. The second-order valence-corrected chi connectivity index (χ2v) is 6.02. The fourth-order valence-corrected chi connectivity index (χ4v) is 2.90. The highest BCUT2D eigenvalue weighted by Gasteiger charge is 2.12. The summed E-state index contributed by atoms with van der Waals surface area (Å²) in [6.07, 6.45) is 0. The molecule has 0 radical (unpaired) electrons. The van der Waals surface area contributed by atoms with Crippen molar-refractivity contribution in [3.63, 3.8) is 0 Å². The summed E-state index contributed by atoms with van der Waals surface area (Å²) >= 11 is 1.35. The Morgan fingerprint density at radius 2 is 2.11 bits per heavy atom. The standard InChI is InChI=1S/C14H24N2O2S/c1-5-16(6-2)9-10(3)15-8-12-7-13(14(17)18)19-11(12)4/h7,10,15H,5-6,8-9H2,1-4H3,(H,17,18). The highest BCUT2D eigenvalue weighted by molar-refractivity contribution is 7.14. The van der Waals surface area contributed by atoms with Crippen molar-refractivity contribution in [2.24, 2.45) is 0 Å². The van der Waals surface area contributed by atoms with Crippen LogP contribution in [0, 0.1) is 6.92 Å². The lowest BCUT2D eigenvalue weighted by Gasteiger charge is -2.23. The molecule has 0 spiro atoms. The summed E-state index contributed by atoms with van der Waals surface area (Å²) in [5.74, 6) is -0.837. The van der Waals surface area contributed by atoms with Crippen LogP contribution in [-0.2, 0) is 6.54 Å². The molecule has 19 heavy (non-hydrogen) atoms. The Morgan fingerprint density at radius 1 is 1.47 bits per heavy atom. The maximum absolute atomic E-state index is 10.9. The number of rotatable bonds is 8. The van der Waals surface area contributed by atoms with Crippen molar-refractivity contribution < 1.29 is 9.90 Å². The lowest BCUT2D eigenvalue weighted by Crippen LogP contribution is -2.38. The average Bonchev–Trinajstić information content (AvgIpc) is 2.75. The molecule has 1 unspecified atom stereocenters. The molecule has 1 aromatic heterocycles. The van der Waals surface area contributed by atoms with E-state index >= 15 is 0 Å². The van der Waals surface area contributed by atoms with Gasteiger partial charge in [-0.15, -0.1) is 11.3 Å². The highest BCUT2D eigenvalue weighted by Crippen LogP contribution is 2.21. The molecule has 0 aliphatic heterocycles. The average molecular weight is 284 g/mol. The van der Waals surface area contributed by atoms with Crippen LogP contribution in [0.5, 0.6) is 0 Å². The van der Waals surface area contributed by atoms with Gasteiger partial charge in [0.25, 0.3) is 0 Å². The molecule has 1 aromatic rings. The normalized spacial score (nSPS) is 12.9. The van der Waals surface area contributed by atoms with Gasteiger partial charge in [-0.3, -0.25) is 0 Å². The van der Waals surface area contributed by atoms with Gasteiger partial charge >= 0.3 is 5.97 Å². The van der Waals surface area contributed by atoms with E-state index in [1.54, 1.807) is 6.07 Å². The van der Waals surface area contributed by atoms with Gasteiger partial charge in [0, 0.05) is 24.0 Å². The maximum atomic E-state index is 10.9. The van der Waals surface area contributed by atoms with Gasteiger partial charge in [-0.25, -0.2) is 4.79 Å². The number of aryl methyl sites for hydroxylation is 1. The van der Waals surface area contributed by atoms with Gasteiger partial charge in [-0.2, -0.15) is 0 Å². The van der Waals surface area contributed by atoms with Gasteiger partial charge in [0.15, 0.2) is 0 Å². The van der Waals surface area contributed by atoms with Crippen LogP contribution in [-0.4, -0.2) is 41.7 Å². The number of carbonyl (C=O) groups is 1. The maximum Gasteiger partial charge on any atom is 0.345 e. The Bertz CT molecular complexity index is 414. The molecule has 108 valence electrons. The van der Waals surface area contributed by atoms with Crippen molar-refractivity contribution in [2.45, 2.75) is 40.3 Å². The van der Waals surface area contributed by atoms with E-state index in [1.807, 2.05) is 6.92 Å². The molecule has 1 heterocycles. The largest absolute Gasteiger partial charge is 0.477 e. The Balaban J connectivity index is 2.50. The quantitative estimate of drug-likeness (QED) is 0.770. The van der Waals surface area contributed by atoms with Crippen molar-refractivity contribution >= 4 is 17.3 Å². The molecule has 0 saturated carbocycles. The molecule has 4 nitrogen and oxygen atoms in total. The number of nitrogens with zero attached hydrogens (tertiary/aromatic N) is 1. The molecular weight excluding hydrogens is 260 g/mol. The SMILES string of the molecule is CCN(CC)CC(C)NCc1cc(C(=O)O)sc1C. The highest BCUT2D eigenvalue weighted by atomic mass is 32.1. The van der Waals surface area contributed by atoms with E-state index in [4.69, 9.17) is 5.11 Å². The number of nitrogens with one attached hydrogen (secondary N) is 1. The summed E-state index contributed by atoms with van der Waals surface area (Å²) < 4.78 is 0. The predicted octanol–water partition coefficient (Wildman–Crippen LogP) is 2.57. The Kier molecular flexibility index (Phi) is 6.48. The molecule has 5 heteroatoms. The monoisotopic (exact) mass is 284 g/mol. The Hall–Kier alpha value is -0.910. The fraction of sp³-hybridized carbons (Fsp3) is 0.643. The van der Waals surface area contributed by atoms with Crippen molar-refractivity contribution in [3.05, 3.63) is 21.4 Å². The molecule has 0 bridgehead atoms. The van der Waals surface area contributed by atoms with E-state index in [2.05, 4.69) is 31.0 Å². The van der Waals surface area contributed by atoms with Crippen molar-refractivity contribution in [1.29, 1.82) is 0 Å². The lowest BCUT2D eigenvalue weighted by molar-refractivity contribution is 0.0702. The van der Waals surface area contributed by atoms with Crippen LogP contribution in [0.4, 0.5) is 0 Å². The van der Waals surface area contributed by atoms with Crippen LogP contribution in [0.25, 0.3) is 0 Å². The number of thiophene rings is 1. The summed E-state index contributed by atoms with van der Waals surface area (Å²) in [6, 6.07) is 2.17. The lowest BCUT2D eigenvalue weighted by atomic mass is 10.2. The zero-order chi connectivity index (χ0) is 14.4. The van der Waals surface area contributed by atoms with Crippen molar-refractivity contribution in [3.8, 4) is 0 Å². The van der Waals surface area contributed by atoms with Crippen LogP contribution in [0.15, 0.2) is 6.07 Å². The predicted molar refractivity (Wildman–Crippen MR) is 80.1 cm³/mol. The Morgan fingerprint density at radius 3 is 2.58 bits per heavy atom. The molecule has 0 aliphatic rings. The number of hydrogen-bond donors (Lipinski definition) is 2. The number of hydrogen-bond acceptors (Lipinski definition) is 4. The van der Waals surface area contributed by atoms with E-state index in [-0.39, 0.29) is 0 Å². The van der Waals surface area contributed by atoms with E-state index in [9.17, 15) is 4.79 Å². The van der Waals surface area contributed by atoms with Crippen LogP contribution in [0.3, 0.4) is 0 Å². The first-order valence-corrected chi connectivity index (χ1v) is 7.57. The van der Waals surface area contributed by atoms with E-state index in [0.29, 0.717) is 10.9 Å². The summed E-state index contributed by atoms with van der Waals surface area (Å²) in [5, 5.41) is 12.4. The third-order valence-corrected chi connectivity index (χ3v) is 4.38. The minimum absolute atomic E-state index is 0.396. The van der Waals surface area contributed by atoms with Gasteiger partial charge in [0.05, 0.1) is 0 Å². The second kappa shape index (κ2) is 7.62. The number of likely N-dealkylation sites (N-methyl/N-ethyl adjacent to an activating group) is 1. The fourth-order valence-electron chi connectivity index (χ4n) is 2.02. The van der Waals surface area contributed by atoms with Gasteiger partial charge in [-0.1, -0.05) is 13.8 Å². The van der Waals surface area contributed by atoms with Crippen LogP contribution >= 0.6 is 11.3 Å². The van der Waals surface area contributed by atoms with E-state index < -0.39 is 5.97 Å². The summed E-state index contributed by atoms with van der Waals surface area (Å²) in [5.41, 5.74) is 1.09. The van der Waals surface area contributed by atoms with Gasteiger partial charge < -0.3 is 15.3 Å². The topological polar surface area (TPSA) is 52.6 Å². The molecule has 0 fully saturated rings. The molecule has 0 saturated heterocycles. The van der Waals surface area contributed by atoms with Crippen LogP contribution in [0.1, 0.15) is 40.9 Å². The second-order valence-electron chi connectivity index (χ2n) is 4.77. The molecular formula is C14H24N2O2S. The zero-order valence-corrected chi connectivity index (χ0v) is 13.0. The van der Waals surface area contributed by atoms with E-state index in [1.165, 1.54) is 11.3 Å². The third-order valence-electron chi connectivity index (χ3n) is 3.30. The summed E-state index contributed by atoms with van der Waals surface area (Å²) in [6.45, 7) is 12.3. The summed E-state index contributed by atoms with van der Waals surface area (Å²) in [4.78, 5) is 14.8. The number of carboxylic acids is 1. The number of aromatic carboxylic acids is 1. The zero-order valence-electron chi connectivity index (χ0n) is 12.2. The first-order chi connectivity index (χ1) is 8.97.